The molecule has 0 saturated heterocycles. The lowest BCUT2D eigenvalue weighted by atomic mass is 10.1. The van der Waals surface area contributed by atoms with Crippen LogP contribution >= 0.6 is 15.9 Å². The summed E-state index contributed by atoms with van der Waals surface area (Å²) in [6.45, 7) is 2.70. The summed E-state index contributed by atoms with van der Waals surface area (Å²) in [4.78, 5) is 13.4. The number of anilines is 2. The summed E-state index contributed by atoms with van der Waals surface area (Å²) in [6, 6.07) is 15.1. The fourth-order valence-corrected chi connectivity index (χ4v) is 2.38. The summed E-state index contributed by atoms with van der Waals surface area (Å²) in [5.74, 6) is -0.925. The number of carboxylic acids is 1. The van der Waals surface area contributed by atoms with Crippen LogP contribution in [0.15, 0.2) is 53.0 Å². The summed E-state index contributed by atoms with van der Waals surface area (Å²) in [7, 11) is 0. The smallest absolute Gasteiger partial charge is 0.337 e. The number of nitrogens with zero attached hydrogens (tertiary/aromatic N) is 1. The molecule has 0 heterocycles. The van der Waals surface area contributed by atoms with Crippen LogP contribution in [0.1, 0.15) is 17.3 Å². The fraction of sp³-hybridized carbons (Fsp3) is 0.133. The largest absolute Gasteiger partial charge is 0.478 e. The number of aromatic carboxylic acids is 1. The molecule has 2 rings (SSSR count). The van der Waals surface area contributed by atoms with Crippen molar-refractivity contribution in [3.8, 4) is 0 Å². The van der Waals surface area contributed by atoms with Crippen LogP contribution in [0.5, 0.6) is 0 Å². The van der Waals surface area contributed by atoms with E-state index < -0.39 is 5.97 Å². The van der Waals surface area contributed by atoms with Crippen molar-refractivity contribution in [1.29, 1.82) is 0 Å². The van der Waals surface area contributed by atoms with Gasteiger partial charge in [0.25, 0.3) is 0 Å². The van der Waals surface area contributed by atoms with Gasteiger partial charge in [-0.1, -0.05) is 34.1 Å². The molecule has 0 saturated carbocycles. The Hall–Kier alpha value is -1.81. The minimum absolute atomic E-state index is 0.292. The Labute approximate surface area is 120 Å². The summed E-state index contributed by atoms with van der Waals surface area (Å²) >= 11 is 3.31. The molecule has 0 unspecified atom stereocenters. The van der Waals surface area contributed by atoms with E-state index in [0.29, 0.717) is 17.8 Å². The zero-order chi connectivity index (χ0) is 13.8. The van der Waals surface area contributed by atoms with E-state index in [9.17, 15) is 9.90 Å². The van der Waals surface area contributed by atoms with Gasteiger partial charge < -0.3 is 10.0 Å². The monoisotopic (exact) mass is 319 g/mol. The normalized spacial score (nSPS) is 10.2. The quantitative estimate of drug-likeness (QED) is 0.913. The van der Waals surface area contributed by atoms with Gasteiger partial charge in [-0.05, 0) is 37.3 Å². The molecule has 3 nitrogen and oxygen atoms in total. The number of halogens is 1. The topological polar surface area (TPSA) is 40.5 Å². The van der Waals surface area contributed by atoms with Gasteiger partial charge in [-0.3, -0.25) is 0 Å². The molecule has 0 spiro atoms. The number of hydrogen-bond donors (Lipinski definition) is 1. The van der Waals surface area contributed by atoms with Crippen molar-refractivity contribution >= 4 is 33.3 Å². The minimum Gasteiger partial charge on any atom is -0.478 e. The molecule has 0 fully saturated rings. The summed E-state index contributed by atoms with van der Waals surface area (Å²) in [6.07, 6.45) is 0. The fourth-order valence-electron chi connectivity index (χ4n) is 2.01. The average Bonchev–Trinajstić information content (AvgIpc) is 2.42. The second kappa shape index (κ2) is 5.89. The van der Waals surface area contributed by atoms with Gasteiger partial charge in [0.1, 0.15) is 0 Å². The molecule has 0 atom stereocenters. The highest BCUT2D eigenvalue weighted by Crippen LogP contribution is 2.30. The molecule has 0 amide bonds. The SMILES string of the molecule is CCN(c1ccccc1)c1ccc(Br)cc1C(=O)O. The van der Waals surface area contributed by atoms with Crippen LogP contribution in [0.2, 0.25) is 0 Å². The van der Waals surface area contributed by atoms with Crippen molar-refractivity contribution in [2.45, 2.75) is 6.92 Å². The number of para-hydroxylation sites is 1. The Balaban J connectivity index is 2.53. The molecule has 2 aromatic rings. The van der Waals surface area contributed by atoms with E-state index in [1.165, 1.54) is 0 Å². The zero-order valence-corrected chi connectivity index (χ0v) is 12.1. The number of carboxylic acid groups (broad SMARTS) is 1. The molecule has 0 aliphatic rings. The predicted octanol–water partition coefficient (Wildman–Crippen LogP) is 4.31. The molecule has 19 heavy (non-hydrogen) atoms. The van der Waals surface area contributed by atoms with E-state index in [4.69, 9.17) is 0 Å². The summed E-state index contributed by atoms with van der Waals surface area (Å²) in [5, 5.41) is 9.33. The lowest BCUT2D eigenvalue weighted by Crippen LogP contribution is -2.19. The Morgan fingerprint density at radius 2 is 1.89 bits per heavy atom. The molecule has 98 valence electrons. The summed E-state index contributed by atoms with van der Waals surface area (Å²) in [5.41, 5.74) is 1.97. The average molecular weight is 320 g/mol. The first-order valence-corrected chi connectivity index (χ1v) is 6.78. The lowest BCUT2D eigenvalue weighted by molar-refractivity contribution is 0.0697. The molecule has 2 aromatic carbocycles. The van der Waals surface area contributed by atoms with Crippen molar-refractivity contribution < 1.29 is 9.90 Å². The summed E-state index contributed by atoms with van der Waals surface area (Å²) < 4.78 is 0.762. The van der Waals surface area contributed by atoms with Crippen molar-refractivity contribution in [2.24, 2.45) is 0 Å². The van der Waals surface area contributed by atoms with Gasteiger partial charge in [-0.25, -0.2) is 4.79 Å². The number of benzene rings is 2. The molecular formula is C15H14BrNO2. The maximum absolute atomic E-state index is 11.4. The van der Waals surface area contributed by atoms with Crippen LogP contribution in [0.3, 0.4) is 0 Å². The third kappa shape index (κ3) is 2.96. The first kappa shape index (κ1) is 13.6. The van der Waals surface area contributed by atoms with Crippen LogP contribution in [-0.4, -0.2) is 17.6 Å². The predicted molar refractivity (Wildman–Crippen MR) is 80.2 cm³/mol. The standard InChI is InChI=1S/C15H14BrNO2/c1-2-17(12-6-4-3-5-7-12)14-9-8-11(16)10-13(14)15(18)19/h3-10H,2H2,1H3,(H,18,19). The van der Waals surface area contributed by atoms with Crippen LogP contribution in [0.25, 0.3) is 0 Å². The molecule has 0 radical (unpaired) electrons. The number of hydrogen-bond acceptors (Lipinski definition) is 2. The van der Waals surface area contributed by atoms with Crippen molar-refractivity contribution in [1.82, 2.24) is 0 Å². The van der Waals surface area contributed by atoms with E-state index in [1.807, 2.05) is 54.3 Å². The van der Waals surface area contributed by atoms with Gasteiger partial charge in [0.05, 0.1) is 11.3 Å². The van der Waals surface area contributed by atoms with Gasteiger partial charge in [0, 0.05) is 16.7 Å². The Morgan fingerprint density at radius 1 is 1.21 bits per heavy atom. The van der Waals surface area contributed by atoms with Crippen LogP contribution in [0, 0.1) is 0 Å². The zero-order valence-electron chi connectivity index (χ0n) is 10.5. The van der Waals surface area contributed by atoms with Gasteiger partial charge in [0.15, 0.2) is 0 Å². The van der Waals surface area contributed by atoms with Crippen molar-refractivity contribution in [3.05, 3.63) is 58.6 Å². The third-order valence-corrected chi connectivity index (χ3v) is 3.36. The van der Waals surface area contributed by atoms with E-state index in [2.05, 4.69) is 15.9 Å². The van der Waals surface area contributed by atoms with Gasteiger partial charge >= 0.3 is 5.97 Å². The van der Waals surface area contributed by atoms with E-state index >= 15 is 0 Å². The van der Waals surface area contributed by atoms with E-state index in [-0.39, 0.29) is 0 Å². The highest BCUT2D eigenvalue weighted by molar-refractivity contribution is 9.10. The van der Waals surface area contributed by atoms with Gasteiger partial charge in [-0.15, -0.1) is 0 Å². The second-order valence-electron chi connectivity index (χ2n) is 4.05. The first-order valence-electron chi connectivity index (χ1n) is 5.99. The maximum Gasteiger partial charge on any atom is 0.337 e. The molecular weight excluding hydrogens is 306 g/mol. The van der Waals surface area contributed by atoms with E-state index in [0.717, 1.165) is 10.2 Å². The number of carbonyl (C=O) groups is 1. The molecule has 1 N–H and O–H groups in total. The van der Waals surface area contributed by atoms with Crippen molar-refractivity contribution in [3.63, 3.8) is 0 Å². The van der Waals surface area contributed by atoms with Gasteiger partial charge in [-0.2, -0.15) is 0 Å². The second-order valence-corrected chi connectivity index (χ2v) is 4.96. The highest BCUT2D eigenvalue weighted by atomic mass is 79.9. The third-order valence-electron chi connectivity index (χ3n) is 2.86. The van der Waals surface area contributed by atoms with E-state index in [1.54, 1.807) is 6.07 Å². The minimum atomic E-state index is -0.925. The Morgan fingerprint density at radius 3 is 2.47 bits per heavy atom. The maximum atomic E-state index is 11.4. The molecule has 0 bridgehead atoms. The number of rotatable bonds is 4. The first-order chi connectivity index (χ1) is 9.13. The Bertz CT molecular complexity index is 584. The van der Waals surface area contributed by atoms with Crippen molar-refractivity contribution in [2.75, 3.05) is 11.4 Å². The van der Waals surface area contributed by atoms with Gasteiger partial charge in [0.2, 0.25) is 0 Å². The molecule has 4 heteroatoms. The van der Waals surface area contributed by atoms with Crippen LogP contribution in [-0.2, 0) is 0 Å². The van der Waals surface area contributed by atoms with Crippen LogP contribution in [0.4, 0.5) is 11.4 Å². The highest BCUT2D eigenvalue weighted by Gasteiger charge is 2.16. The molecule has 0 aliphatic heterocycles. The molecule has 0 aliphatic carbocycles. The Kier molecular flexibility index (Phi) is 4.22. The molecule has 0 aromatic heterocycles. The van der Waals surface area contributed by atoms with Crippen LogP contribution < -0.4 is 4.90 Å². The lowest BCUT2D eigenvalue weighted by Gasteiger charge is -2.25.